The number of benzene rings is 1. The Kier molecular flexibility index (Phi) is 5.75. The van der Waals surface area contributed by atoms with Crippen LogP contribution in [0.2, 0.25) is 0 Å². The van der Waals surface area contributed by atoms with E-state index in [4.69, 9.17) is 0 Å². The van der Waals surface area contributed by atoms with Crippen molar-refractivity contribution in [3.05, 3.63) is 58.3 Å². The smallest absolute Gasteiger partial charge is 0.347 e. The molecule has 2 aromatic heterocycles. The number of nitrogens with zero attached hydrogens (tertiary/aromatic N) is 3. The average molecular weight is 420 g/mol. The highest BCUT2D eigenvalue weighted by Gasteiger charge is 2.25. The van der Waals surface area contributed by atoms with E-state index in [1.807, 2.05) is 0 Å². The Bertz CT molecular complexity index is 1210. The van der Waals surface area contributed by atoms with Crippen molar-refractivity contribution in [2.24, 2.45) is 0 Å². The van der Waals surface area contributed by atoms with E-state index in [0.29, 0.717) is 4.90 Å². The minimum absolute atomic E-state index is 0.0146. The molecular weight excluding hydrogens is 404 g/mol. The molecule has 0 aliphatic rings. The predicted octanol–water partition coefficient (Wildman–Crippen LogP) is 3.12. The Morgan fingerprint density at radius 3 is 2.67 bits per heavy atom. The number of nitrogens with one attached hydrogen (secondary N) is 1. The second kappa shape index (κ2) is 8.12. The number of aromatic nitrogens is 3. The van der Waals surface area contributed by atoms with Crippen LogP contribution in [0.3, 0.4) is 0 Å². The molecule has 10 heteroatoms. The number of hydrogen-bond donors (Lipinski definition) is 2. The standard InChI is InChI=1S/C20H16F4N4O2/c1-20(2,30)8-6-13-17(24)14(7-9-25-13)28(10-15(22)23)18-16-11(21)4-3-5-12(16)26-19(29)27-18/h3-5,7,9,15,30H,10H2,1-2H3,(H,26,27,29). The van der Waals surface area contributed by atoms with Crippen LogP contribution in [0, 0.1) is 23.5 Å². The van der Waals surface area contributed by atoms with Gasteiger partial charge in [0.1, 0.15) is 11.4 Å². The highest BCUT2D eigenvalue weighted by atomic mass is 19.3. The zero-order chi connectivity index (χ0) is 22.1. The molecule has 1 aromatic carbocycles. The predicted molar refractivity (Wildman–Crippen MR) is 103 cm³/mol. The second-order valence-corrected chi connectivity index (χ2v) is 6.83. The normalized spacial score (nSPS) is 11.5. The molecule has 0 spiro atoms. The first-order chi connectivity index (χ1) is 14.1. The van der Waals surface area contributed by atoms with Crippen molar-refractivity contribution in [1.29, 1.82) is 0 Å². The summed E-state index contributed by atoms with van der Waals surface area (Å²) in [7, 11) is 0. The van der Waals surface area contributed by atoms with Crippen LogP contribution in [0.1, 0.15) is 19.5 Å². The Morgan fingerprint density at radius 2 is 2.00 bits per heavy atom. The first-order valence-corrected chi connectivity index (χ1v) is 8.71. The number of alkyl halides is 2. The fraction of sp³-hybridized carbons (Fsp3) is 0.250. The van der Waals surface area contributed by atoms with Gasteiger partial charge in [0, 0.05) is 6.20 Å². The zero-order valence-corrected chi connectivity index (χ0v) is 15.9. The highest BCUT2D eigenvalue weighted by Crippen LogP contribution is 2.33. The van der Waals surface area contributed by atoms with Crippen LogP contribution in [0.25, 0.3) is 10.9 Å². The van der Waals surface area contributed by atoms with E-state index in [0.717, 1.165) is 18.3 Å². The summed E-state index contributed by atoms with van der Waals surface area (Å²) in [6, 6.07) is 4.85. The molecule has 0 saturated heterocycles. The van der Waals surface area contributed by atoms with Gasteiger partial charge in [-0.3, -0.25) is 0 Å². The first kappa shape index (κ1) is 21.3. The quantitative estimate of drug-likeness (QED) is 0.501. The van der Waals surface area contributed by atoms with Gasteiger partial charge in [0.25, 0.3) is 6.43 Å². The maximum atomic E-state index is 15.1. The van der Waals surface area contributed by atoms with Crippen LogP contribution < -0.4 is 10.6 Å². The van der Waals surface area contributed by atoms with Crippen molar-refractivity contribution in [2.45, 2.75) is 25.9 Å². The number of aromatic amines is 1. The summed E-state index contributed by atoms with van der Waals surface area (Å²) in [5.41, 5.74) is -3.18. The van der Waals surface area contributed by atoms with E-state index in [-0.39, 0.29) is 10.9 Å². The number of fused-ring (bicyclic) bond motifs is 1. The van der Waals surface area contributed by atoms with Crippen LogP contribution in [-0.2, 0) is 0 Å². The monoisotopic (exact) mass is 420 g/mol. The summed E-state index contributed by atoms with van der Waals surface area (Å²) in [6.45, 7) is 1.68. The van der Waals surface area contributed by atoms with Gasteiger partial charge in [0.05, 0.1) is 23.1 Å². The van der Waals surface area contributed by atoms with Crippen molar-refractivity contribution in [3.63, 3.8) is 0 Å². The zero-order valence-electron chi connectivity index (χ0n) is 15.9. The molecule has 0 radical (unpaired) electrons. The lowest BCUT2D eigenvalue weighted by molar-refractivity contribution is 0.143. The third-order valence-corrected chi connectivity index (χ3v) is 3.91. The number of halogens is 4. The van der Waals surface area contributed by atoms with Crippen LogP contribution >= 0.6 is 0 Å². The minimum atomic E-state index is -2.97. The van der Waals surface area contributed by atoms with Gasteiger partial charge < -0.3 is 15.0 Å². The molecule has 0 unspecified atom stereocenters. The number of H-pyrrole nitrogens is 1. The molecule has 3 aromatic rings. The number of pyridine rings is 1. The molecule has 0 amide bonds. The summed E-state index contributed by atoms with van der Waals surface area (Å²) in [5.74, 6) is 2.34. The fourth-order valence-corrected chi connectivity index (χ4v) is 2.72. The Balaban J connectivity index is 2.27. The largest absolute Gasteiger partial charge is 0.378 e. The number of hydrogen-bond acceptors (Lipinski definition) is 5. The van der Waals surface area contributed by atoms with E-state index in [1.54, 1.807) is 0 Å². The summed E-state index contributed by atoms with van der Waals surface area (Å²) in [4.78, 5) is 22.3. The molecule has 156 valence electrons. The van der Waals surface area contributed by atoms with Gasteiger partial charge in [-0.05, 0) is 38.0 Å². The Morgan fingerprint density at radius 1 is 1.27 bits per heavy atom. The molecule has 0 atom stereocenters. The van der Waals surface area contributed by atoms with Gasteiger partial charge in [0.15, 0.2) is 17.3 Å². The number of aliphatic hydroxyl groups is 1. The SMILES string of the molecule is CC(C)(O)C#Cc1nccc(N(CC(F)F)c2nc(=O)[nH]c3cccc(F)c23)c1F. The van der Waals surface area contributed by atoms with E-state index in [1.165, 1.54) is 26.0 Å². The van der Waals surface area contributed by atoms with Gasteiger partial charge in [-0.15, -0.1) is 0 Å². The number of anilines is 2. The summed E-state index contributed by atoms with van der Waals surface area (Å²) >= 11 is 0. The average Bonchev–Trinajstić information content (AvgIpc) is 2.64. The van der Waals surface area contributed by atoms with E-state index in [9.17, 15) is 23.1 Å². The molecule has 0 aliphatic heterocycles. The van der Waals surface area contributed by atoms with E-state index < -0.39 is 53.1 Å². The van der Waals surface area contributed by atoms with Crippen LogP contribution in [0.15, 0.2) is 35.3 Å². The van der Waals surface area contributed by atoms with E-state index >= 15 is 4.39 Å². The third-order valence-electron chi connectivity index (χ3n) is 3.91. The maximum Gasteiger partial charge on any atom is 0.347 e. The molecule has 0 saturated carbocycles. The molecule has 2 heterocycles. The fourth-order valence-electron chi connectivity index (χ4n) is 2.72. The first-order valence-electron chi connectivity index (χ1n) is 8.71. The molecule has 30 heavy (non-hydrogen) atoms. The summed E-state index contributed by atoms with van der Waals surface area (Å²) in [5, 5.41) is 9.45. The van der Waals surface area contributed by atoms with E-state index in [2.05, 4.69) is 26.8 Å². The molecule has 2 N–H and O–H groups in total. The lowest BCUT2D eigenvalue weighted by Crippen LogP contribution is -2.29. The lowest BCUT2D eigenvalue weighted by Gasteiger charge is -2.25. The Labute approximate surface area is 168 Å². The highest BCUT2D eigenvalue weighted by molar-refractivity contribution is 5.92. The van der Waals surface area contributed by atoms with Crippen LogP contribution in [0.4, 0.5) is 29.1 Å². The third kappa shape index (κ3) is 4.58. The minimum Gasteiger partial charge on any atom is -0.378 e. The molecule has 0 fully saturated rings. The van der Waals surface area contributed by atoms with Gasteiger partial charge in [-0.2, -0.15) is 4.98 Å². The van der Waals surface area contributed by atoms with Crippen LogP contribution in [0.5, 0.6) is 0 Å². The van der Waals surface area contributed by atoms with Crippen molar-refractivity contribution >= 4 is 22.4 Å². The molecule has 0 bridgehead atoms. The molecule has 3 rings (SSSR count). The Hall–Kier alpha value is -3.45. The molecule has 0 aliphatic carbocycles. The summed E-state index contributed by atoms with van der Waals surface area (Å²) in [6.07, 6.45) is -1.84. The summed E-state index contributed by atoms with van der Waals surface area (Å²) < 4.78 is 56.3. The maximum absolute atomic E-state index is 15.1. The topological polar surface area (TPSA) is 82.1 Å². The van der Waals surface area contributed by atoms with Gasteiger partial charge in [0.2, 0.25) is 0 Å². The van der Waals surface area contributed by atoms with Crippen LogP contribution in [-0.4, -0.2) is 38.6 Å². The number of rotatable bonds is 4. The van der Waals surface area contributed by atoms with Gasteiger partial charge in [-0.1, -0.05) is 12.0 Å². The van der Waals surface area contributed by atoms with Crippen molar-refractivity contribution in [2.75, 3.05) is 11.4 Å². The lowest BCUT2D eigenvalue weighted by atomic mass is 10.1. The second-order valence-electron chi connectivity index (χ2n) is 6.83. The van der Waals surface area contributed by atoms with Crippen molar-refractivity contribution < 1.29 is 22.7 Å². The molecular formula is C20H16F4N4O2. The van der Waals surface area contributed by atoms with Gasteiger partial charge in [-0.25, -0.2) is 27.3 Å². The van der Waals surface area contributed by atoms with Gasteiger partial charge >= 0.3 is 5.69 Å². The van der Waals surface area contributed by atoms with Crippen molar-refractivity contribution in [1.82, 2.24) is 15.0 Å². The molecule has 6 nitrogen and oxygen atoms in total. The van der Waals surface area contributed by atoms with Crippen molar-refractivity contribution in [3.8, 4) is 11.8 Å².